The molecule has 126 valence electrons. The van der Waals surface area contributed by atoms with Crippen LogP contribution in [-0.2, 0) is 0 Å². The topological polar surface area (TPSA) is 28.2 Å². The molecule has 2 fully saturated rings. The van der Waals surface area contributed by atoms with E-state index >= 15 is 0 Å². The van der Waals surface area contributed by atoms with Crippen molar-refractivity contribution in [3.05, 3.63) is 28.5 Å². The van der Waals surface area contributed by atoms with E-state index in [0.29, 0.717) is 6.04 Å². The van der Waals surface area contributed by atoms with E-state index < -0.39 is 0 Å². The number of aromatic nitrogens is 1. The minimum atomic E-state index is 0. The lowest BCUT2D eigenvalue weighted by Crippen LogP contribution is -2.47. The Morgan fingerprint density at radius 3 is 2.45 bits per heavy atom. The summed E-state index contributed by atoms with van der Waals surface area (Å²) in [5.74, 6) is 0.794. The molecule has 0 spiro atoms. The number of halogens is 3. The molecular formula is C16H26BrCl2N3. The van der Waals surface area contributed by atoms with E-state index in [9.17, 15) is 0 Å². The predicted octanol–water partition coefficient (Wildman–Crippen LogP) is 4.21. The summed E-state index contributed by atoms with van der Waals surface area (Å²) in [6.07, 6.45) is 8.82. The molecule has 0 bridgehead atoms. The van der Waals surface area contributed by atoms with E-state index in [1.807, 2.05) is 6.20 Å². The van der Waals surface area contributed by atoms with E-state index in [-0.39, 0.29) is 24.8 Å². The molecular weight excluding hydrogens is 385 g/mol. The van der Waals surface area contributed by atoms with E-state index in [1.54, 1.807) is 0 Å². The highest BCUT2D eigenvalue weighted by Crippen LogP contribution is 2.40. The molecule has 6 heteroatoms. The molecule has 1 atom stereocenters. The molecule has 2 heterocycles. The third-order valence-corrected chi connectivity index (χ3v) is 5.41. The van der Waals surface area contributed by atoms with Crippen molar-refractivity contribution in [2.24, 2.45) is 5.92 Å². The van der Waals surface area contributed by atoms with Gasteiger partial charge in [-0.25, -0.2) is 4.98 Å². The molecule has 1 aliphatic heterocycles. The Labute approximate surface area is 154 Å². The number of piperazine rings is 1. The maximum atomic E-state index is 4.46. The monoisotopic (exact) mass is 409 g/mol. The fraction of sp³-hybridized carbons (Fsp3) is 0.688. The summed E-state index contributed by atoms with van der Waals surface area (Å²) in [6.45, 7) is 4.53. The first-order valence-electron chi connectivity index (χ1n) is 7.91. The first kappa shape index (κ1) is 20.2. The lowest BCUT2D eigenvalue weighted by molar-refractivity contribution is 0.102. The van der Waals surface area contributed by atoms with Gasteiger partial charge in [0.05, 0.1) is 0 Å². The first-order chi connectivity index (χ1) is 9.86. The van der Waals surface area contributed by atoms with Gasteiger partial charge in [0.15, 0.2) is 0 Å². The van der Waals surface area contributed by atoms with Gasteiger partial charge in [0, 0.05) is 44.0 Å². The minimum Gasteiger partial charge on any atom is -0.314 e. The minimum absolute atomic E-state index is 0. The van der Waals surface area contributed by atoms with Gasteiger partial charge in [-0.1, -0.05) is 25.3 Å². The molecule has 0 amide bonds. The Hall–Kier alpha value is 0.130. The molecule has 1 saturated carbocycles. The van der Waals surface area contributed by atoms with Crippen molar-refractivity contribution >= 4 is 40.7 Å². The average Bonchev–Trinajstić information content (AvgIpc) is 2.52. The Morgan fingerprint density at radius 2 is 1.82 bits per heavy atom. The summed E-state index contributed by atoms with van der Waals surface area (Å²) >= 11 is 3.68. The fourth-order valence-electron chi connectivity index (χ4n) is 3.78. The molecule has 3 rings (SSSR count). The van der Waals surface area contributed by atoms with Crippen molar-refractivity contribution in [2.75, 3.05) is 26.2 Å². The zero-order valence-corrected chi connectivity index (χ0v) is 16.1. The molecule has 1 N–H and O–H groups in total. The molecule has 0 unspecified atom stereocenters. The van der Waals surface area contributed by atoms with Crippen LogP contribution < -0.4 is 5.32 Å². The average molecular weight is 411 g/mol. The Bertz CT molecular complexity index is 417. The molecule has 22 heavy (non-hydrogen) atoms. The summed E-state index contributed by atoms with van der Waals surface area (Å²) in [6, 6.07) is 4.89. The lowest BCUT2D eigenvalue weighted by Gasteiger charge is -2.41. The van der Waals surface area contributed by atoms with Crippen molar-refractivity contribution in [3.63, 3.8) is 0 Å². The van der Waals surface area contributed by atoms with Gasteiger partial charge in [-0.15, -0.1) is 24.8 Å². The number of hydrogen-bond acceptors (Lipinski definition) is 3. The van der Waals surface area contributed by atoms with E-state index in [4.69, 9.17) is 0 Å². The van der Waals surface area contributed by atoms with Crippen molar-refractivity contribution in [3.8, 4) is 0 Å². The largest absolute Gasteiger partial charge is 0.314 e. The summed E-state index contributed by atoms with van der Waals surface area (Å²) in [5.41, 5.74) is 1.39. The second-order valence-corrected chi connectivity index (χ2v) is 6.76. The van der Waals surface area contributed by atoms with Crippen molar-refractivity contribution in [1.82, 2.24) is 15.2 Å². The second-order valence-electron chi connectivity index (χ2n) is 6.01. The summed E-state index contributed by atoms with van der Waals surface area (Å²) in [4.78, 5) is 7.14. The SMILES string of the molecule is Brc1ncccc1[C@H](C1CCCCC1)N1CCNCC1.Cl.Cl. The van der Waals surface area contributed by atoms with Gasteiger partial charge in [0.2, 0.25) is 0 Å². The van der Waals surface area contributed by atoms with Gasteiger partial charge in [-0.2, -0.15) is 0 Å². The lowest BCUT2D eigenvalue weighted by atomic mass is 9.80. The Balaban J connectivity index is 0.00000121. The quantitative estimate of drug-likeness (QED) is 0.756. The predicted molar refractivity (Wildman–Crippen MR) is 100 cm³/mol. The van der Waals surface area contributed by atoms with Crippen LogP contribution in [0.1, 0.15) is 43.7 Å². The summed E-state index contributed by atoms with van der Waals surface area (Å²) in [7, 11) is 0. The van der Waals surface area contributed by atoms with Gasteiger partial charge < -0.3 is 5.32 Å². The van der Waals surface area contributed by atoms with Gasteiger partial charge in [0.25, 0.3) is 0 Å². The molecule has 2 aliphatic rings. The molecule has 1 aliphatic carbocycles. The smallest absolute Gasteiger partial charge is 0.110 e. The molecule has 1 saturated heterocycles. The number of nitrogens with zero attached hydrogens (tertiary/aromatic N) is 2. The second kappa shape index (κ2) is 10.1. The van der Waals surface area contributed by atoms with Crippen LogP contribution in [0.5, 0.6) is 0 Å². The van der Waals surface area contributed by atoms with Crippen LogP contribution in [0.2, 0.25) is 0 Å². The van der Waals surface area contributed by atoms with Crippen molar-refractivity contribution in [1.29, 1.82) is 0 Å². The van der Waals surface area contributed by atoms with E-state index in [1.165, 1.54) is 37.7 Å². The number of nitrogens with one attached hydrogen (secondary N) is 1. The molecule has 3 nitrogen and oxygen atoms in total. The zero-order chi connectivity index (χ0) is 13.8. The van der Waals surface area contributed by atoms with Gasteiger partial charge >= 0.3 is 0 Å². The number of rotatable bonds is 3. The van der Waals surface area contributed by atoms with E-state index in [2.05, 4.69) is 43.3 Å². The third kappa shape index (κ3) is 4.81. The van der Waals surface area contributed by atoms with Crippen LogP contribution in [0, 0.1) is 5.92 Å². The number of hydrogen-bond donors (Lipinski definition) is 1. The van der Waals surface area contributed by atoms with E-state index in [0.717, 1.165) is 36.7 Å². The van der Waals surface area contributed by atoms with Gasteiger partial charge in [-0.05, 0) is 40.8 Å². The normalized spacial score (nSPS) is 21.5. The molecule has 1 aromatic rings. The van der Waals surface area contributed by atoms with Crippen LogP contribution in [-0.4, -0.2) is 36.1 Å². The summed E-state index contributed by atoms with van der Waals surface area (Å²) in [5, 5.41) is 3.47. The van der Waals surface area contributed by atoms with Gasteiger partial charge in [0.1, 0.15) is 4.60 Å². The Morgan fingerprint density at radius 1 is 1.14 bits per heavy atom. The maximum Gasteiger partial charge on any atom is 0.110 e. The first-order valence-corrected chi connectivity index (χ1v) is 8.71. The molecule has 0 radical (unpaired) electrons. The Kier molecular flexibility index (Phi) is 9.25. The fourth-order valence-corrected chi connectivity index (χ4v) is 4.26. The summed E-state index contributed by atoms with van der Waals surface area (Å²) < 4.78 is 1.04. The highest BCUT2D eigenvalue weighted by Gasteiger charge is 2.32. The van der Waals surface area contributed by atoms with Crippen molar-refractivity contribution in [2.45, 2.75) is 38.1 Å². The highest BCUT2D eigenvalue weighted by atomic mass is 79.9. The maximum absolute atomic E-state index is 4.46. The molecule has 0 aromatic carbocycles. The standard InChI is InChI=1S/C16H24BrN3.2ClH/c17-16-14(7-4-8-19-16)15(13-5-2-1-3-6-13)20-11-9-18-10-12-20;;/h4,7-8,13,15,18H,1-3,5-6,9-12H2;2*1H/t15-;;/m0../s1. The van der Waals surface area contributed by atoms with Crippen molar-refractivity contribution < 1.29 is 0 Å². The van der Waals surface area contributed by atoms with Crippen LogP contribution >= 0.6 is 40.7 Å². The van der Waals surface area contributed by atoms with Gasteiger partial charge in [-0.3, -0.25) is 4.90 Å². The number of pyridine rings is 1. The van der Waals surface area contributed by atoms with Crippen LogP contribution in [0.4, 0.5) is 0 Å². The third-order valence-electron chi connectivity index (χ3n) is 4.75. The zero-order valence-electron chi connectivity index (χ0n) is 12.8. The van der Waals surface area contributed by atoms with Crippen LogP contribution in [0.3, 0.4) is 0 Å². The van der Waals surface area contributed by atoms with Crippen LogP contribution in [0.15, 0.2) is 22.9 Å². The highest BCUT2D eigenvalue weighted by molar-refractivity contribution is 9.10. The molecule has 1 aromatic heterocycles. The van der Waals surface area contributed by atoms with Crippen LogP contribution in [0.25, 0.3) is 0 Å².